The van der Waals surface area contributed by atoms with Crippen LogP contribution in [0.4, 0.5) is 0 Å². The maximum absolute atomic E-state index is 4.28. The summed E-state index contributed by atoms with van der Waals surface area (Å²) in [6.07, 6.45) is 9.24. The number of pyridine rings is 1. The number of nitrogens with zero attached hydrogens (tertiary/aromatic N) is 4. The smallest absolute Gasteiger partial charge is 0.123 e. The van der Waals surface area contributed by atoms with E-state index in [0.717, 1.165) is 18.7 Å². The van der Waals surface area contributed by atoms with Gasteiger partial charge in [-0.15, -0.1) is 16.4 Å². The minimum Gasteiger partial charge on any atom is -0.265 e. The van der Waals surface area contributed by atoms with E-state index in [4.69, 9.17) is 0 Å². The Hall–Kier alpha value is -2.01. The molecule has 0 aromatic carbocycles. The quantitative estimate of drug-likeness (QED) is 0.695. The first kappa shape index (κ1) is 13.9. The lowest BCUT2D eigenvalue weighted by molar-refractivity contribution is 0.649. The predicted octanol–water partition coefficient (Wildman–Crippen LogP) is 3.79. The van der Waals surface area contributed by atoms with Gasteiger partial charge in [-0.25, -0.2) is 4.68 Å². The van der Waals surface area contributed by atoms with Gasteiger partial charge in [0.05, 0.1) is 17.6 Å². The molecule has 0 N–H and O–H groups in total. The molecule has 0 atom stereocenters. The third-order valence-electron chi connectivity index (χ3n) is 3.32. The summed E-state index contributed by atoms with van der Waals surface area (Å²) < 4.78 is 1.87. The first-order valence-electron chi connectivity index (χ1n) is 7.23. The Labute approximate surface area is 128 Å². The summed E-state index contributed by atoms with van der Waals surface area (Å²) in [5.41, 5.74) is 2.13. The van der Waals surface area contributed by atoms with E-state index in [1.807, 2.05) is 34.3 Å². The fraction of sp³-hybridized carbons (Fsp3) is 0.312. The molecule has 5 heteroatoms. The lowest BCUT2D eigenvalue weighted by Crippen LogP contribution is -2.00. The second kappa shape index (κ2) is 6.63. The Kier molecular flexibility index (Phi) is 4.40. The van der Waals surface area contributed by atoms with Crippen molar-refractivity contribution in [3.63, 3.8) is 0 Å². The summed E-state index contributed by atoms with van der Waals surface area (Å²) in [6, 6.07) is 8.35. The zero-order valence-corrected chi connectivity index (χ0v) is 12.9. The molecule has 108 valence electrons. The molecule has 0 saturated heterocycles. The topological polar surface area (TPSA) is 43.6 Å². The molecular formula is C16H18N4S. The van der Waals surface area contributed by atoms with E-state index < -0.39 is 0 Å². The first-order valence-corrected chi connectivity index (χ1v) is 8.05. The number of aromatic nitrogens is 4. The highest BCUT2D eigenvalue weighted by molar-refractivity contribution is 7.15. The van der Waals surface area contributed by atoms with E-state index >= 15 is 0 Å². The molecule has 3 aromatic heterocycles. The summed E-state index contributed by atoms with van der Waals surface area (Å²) >= 11 is 1.82. The van der Waals surface area contributed by atoms with E-state index in [-0.39, 0.29) is 0 Å². The Morgan fingerprint density at radius 3 is 2.81 bits per heavy atom. The highest BCUT2D eigenvalue weighted by Crippen LogP contribution is 2.27. The molecule has 0 saturated carbocycles. The third-order valence-corrected chi connectivity index (χ3v) is 4.49. The van der Waals surface area contributed by atoms with Gasteiger partial charge >= 0.3 is 0 Å². The second-order valence-electron chi connectivity index (χ2n) is 5.03. The summed E-state index contributed by atoms with van der Waals surface area (Å²) in [4.78, 5) is 6.65. The highest BCUT2D eigenvalue weighted by atomic mass is 32.1. The van der Waals surface area contributed by atoms with Crippen molar-refractivity contribution in [1.29, 1.82) is 0 Å². The molecule has 4 nitrogen and oxygen atoms in total. The van der Waals surface area contributed by atoms with Crippen molar-refractivity contribution in [3.8, 4) is 10.6 Å². The molecule has 21 heavy (non-hydrogen) atoms. The van der Waals surface area contributed by atoms with Crippen molar-refractivity contribution >= 4 is 11.3 Å². The largest absolute Gasteiger partial charge is 0.265 e. The van der Waals surface area contributed by atoms with Crippen molar-refractivity contribution < 1.29 is 0 Å². The maximum Gasteiger partial charge on any atom is 0.123 e. The van der Waals surface area contributed by atoms with Crippen LogP contribution in [-0.2, 0) is 13.0 Å². The van der Waals surface area contributed by atoms with Gasteiger partial charge < -0.3 is 0 Å². The molecule has 0 fully saturated rings. The van der Waals surface area contributed by atoms with E-state index in [1.54, 1.807) is 12.4 Å². The molecular weight excluding hydrogens is 280 g/mol. The third kappa shape index (κ3) is 3.55. The van der Waals surface area contributed by atoms with Gasteiger partial charge in [0.25, 0.3) is 0 Å². The first-order chi connectivity index (χ1) is 10.3. The van der Waals surface area contributed by atoms with Crippen LogP contribution in [0.3, 0.4) is 0 Å². The van der Waals surface area contributed by atoms with Crippen LogP contribution in [0.1, 0.15) is 30.2 Å². The molecule has 0 amide bonds. The summed E-state index contributed by atoms with van der Waals surface area (Å²) in [5.74, 6) is 0. The van der Waals surface area contributed by atoms with Gasteiger partial charge in [0.1, 0.15) is 5.69 Å². The van der Waals surface area contributed by atoms with Crippen molar-refractivity contribution in [2.75, 3.05) is 0 Å². The number of aryl methyl sites for hydroxylation is 1. The molecule has 0 unspecified atom stereocenters. The normalized spacial score (nSPS) is 10.9. The monoisotopic (exact) mass is 298 g/mol. The van der Waals surface area contributed by atoms with Crippen LogP contribution in [0.25, 0.3) is 10.6 Å². The average molecular weight is 298 g/mol. The van der Waals surface area contributed by atoms with E-state index in [9.17, 15) is 0 Å². The standard InChI is InChI=1S/C16H18N4S/c1-2-3-4-14-5-6-16(21-14)15-12-20(19-18-15)11-13-7-9-17-10-8-13/h5-10,12H,2-4,11H2,1H3. The van der Waals surface area contributed by atoms with Gasteiger partial charge in [-0.2, -0.15) is 0 Å². The van der Waals surface area contributed by atoms with Crippen LogP contribution in [0, 0.1) is 0 Å². The Morgan fingerprint density at radius 1 is 1.14 bits per heavy atom. The van der Waals surface area contributed by atoms with Gasteiger partial charge in [-0.3, -0.25) is 4.98 Å². The number of thiophene rings is 1. The minimum atomic E-state index is 0.726. The van der Waals surface area contributed by atoms with E-state index in [0.29, 0.717) is 0 Å². The molecule has 0 bridgehead atoms. The molecule has 3 rings (SSSR count). The summed E-state index contributed by atoms with van der Waals surface area (Å²) in [6.45, 7) is 2.95. The minimum absolute atomic E-state index is 0.726. The van der Waals surface area contributed by atoms with Crippen molar-refractivity contribution in [3.05, 3.63) is 53.3 Å². The number of hydrogen-bond donors (Lipinski definition) is 0. The Balaban J connectivity index is 1.71. The molecule has 0 aliphatic heterocycles. The number of rotatable bonds is 6. The van der Waals surface area contributed by atoms with E-state index in [1.165, 1.54) is 28.2 Å². The highest BCUT2D eigenvalue weighted by Gasteiger charge is 2.07. The predicted molar refractivity (Wildman–Crippen MR) is 85.3 cm³/mol. The van der Waals surface area contributed by atoms with Crippen LogP contribution in [0.15, 0.2) is 42.9 Å². The van der Waals surface area contributed by atoms with E-state index in [2.05, 4.69) is 34.4 Å². The number of unbranched alkanes of at least 4 members (excludes halogenated alkanes) is 1. The molecule has 0 aliphatic rings. The fourth-order valence-electron chi connectivity index (χ4n) is 2.16. The van der Waals surface area contributed by atoms with Crippen LogP contribution < -0.4 is 0 Å². The lowest BCUT2D eigenvalue weighted by atomic mass is 10.2. The van der Waals surface area contributed by atoms with Gasteiger partial charge in [0.15, 0.2) is 0 Å². The van der Waals surface area contributed by atoms with Crippen molar-refractivity contribution in [2.24, 2.45) is 0 Å². The average Bonchev–Trinajstić information content (AvgIpc) is 3.15. The Bertz CT molecular complexity index is 687. The van der Waals surface area contributed by atoms with Crippen LogP contribution in [0.2, 0.25) is 0 Å². The van der Waals surface area contributed by atoms with Gasteiger partial charge in [-0.05, 0) is 42.7 Å². The zero-order valence-electron chi connectivity index (χ0n) is 12.1. The Morgan fingerprint density at radius 2 is 2.00 bits per heavy atom. The molecule has 3 heterocycles. The van der Waals surface area contributed by atoms with Crippen LogP contribution in [-0.4, -0.2) is 20.0 Å². The summed E-state index contributed by atoms with van der Waals surface area (Å²) in [5, 5.41) is 8.50. The second-order valence-corrected chi connectivity index (χ2v) is 6.19. The summed E-state index contributed by atoms with van der Waals surface area (Å²) in [7, 11) is 0. The molecule has 0 spiro atoms. The van der Waals surface area contributed by atoms with Crippen LogP contribution in [0.5, 0.6) is 0 Å². The number of hydrogen-bond acceptors (Lipinski definition) is 4. The SMILES string of the molecule is CCCCc1ccc(-c2cn(Cc3ccncc3)nn2)s1. The van der Waals surface area contributed by atoms with Crippen LogP contribution >= 0.6 is 11.3 Å². The zero-order chi connectivity index (χ0) is 14.5. The van der Waals surface area contributed by atoms with Crippen molar-refractivity contribution in [2.45, 2.75) is 32.7 Å². The van der Waals surface area contributed by atoms with Crippen molar-refractivity contribution in [1.82, 2.24) is 20.0 Å². The molecule has 0 aliphatic carbocycles. The molecule has 0 radical (unpaired) electrons. The fourth-order valence-corrected chi connectivity index (χ4v) is 3.16. The lowest BCUT2D eigenvalue weighted by Gasteiger charge is -1.98. The van der Waals surface area contributed by atoms with Gasteiger partial charge in [0.2, 0.25) is 0 Å². The molecule has 3 aromatic rings. The van der Waals surface area contributed by atoms with Gasteiger partial charge in [-0.1, -0.05) is 18.6 Å². The van der Waals surface area contributed by atoms with Gasteiger partial charge in [0, 0.05) is 17.3 Å². The maximum atomic E-state index is 4.28.